The number of aliphatic hydroxyl groups is 1. The van der Waals surface area contributed by atoms with Gasteiger partial charge >= 0.3 is 0 Å². The molecule has 0 spiro atoms. The molecular formula is C17H24N2O2. The third-order valence-corrected chi connectivity index (χ3v) is 3.74. The van der Waals surface area contributed by atoms with Crippen molar-refractivity contribution < 1.29 is 9.90 Å². The zero-order valence-electron chi connectivity index (χ0n) is 12.6. The van der Waals surface area contributed by atoms with Gasteiger partial charge in [0.25, 0.3) is 5.91 Å². The number of H-pyrrole nitrogens is 1. The standard InChI is InChI=1S/C17H24N2O2/c1-2-3-4-5-10-19(11-12-20)17(21)15-7-6-14-8-9-18-16(14)13-15/h6-9,13,18,20H,2-5,10-12H2,1H3. The van der Waals surface area contributed by atoms with E-state index in [0.717, 1.165) is 23.7 Å². The molecule has 0 aliphatic rings. The van der Waals surface area contributed by atoms with Crippen molar-refractivity contribution in [2.75, 3.05) is 19.7 Å². The van der Waals surface area contributed by atoms with Gasteiger partial charge in [0.2, 0.25) is 0 Å². The van der Waals surface area contributed by atoms with Gasteiger partial charge < -0.3 is 15.0 Å². The highest BCUT2D eigenvalue weighted by Gasteiger charge is 2.15. The molecule has 1 heterocycles. The van der Waals surface area contributed by atoms with E-state index in [4.69, 9.17) is 0 Å². The Morgan fingerprint density at radius 2 is 2.05 bits per heavy atom. The number of hydrogen-bond donors (Lipinski definition) is 2. The van der Waals surface area contributed by atoms with Crippen LogP contribution in [0.1, 0.15) is 43.0 Å². The second-order valence-electron chi connectivity index (χ2n) is 5.36. The van der Waals surface area contributed by atoms with Gasteiger partial charge in [-0.2, -0.15) is 0 Å². The van der Waals surface area contributed by atoms with Crippen LogP contribution in [-0.2, 0) is 0 Å². The van der Waals surface area contributed by atoms with E-state index >= 15 is 0 Å². The molecule has 0 saturated carbocycles. The zero-order valence-corrected chi connectivity index (χ0v) is 12.6. The number of nitrogens with one attached hydrogen (secondary N) is 1. The van der Waals surface area contributed by atoms with Crippen LogP contribution in [0.2, 0.25) is 0 Å². The Morgan fingerprint density at radius 3 is 2.81 bits per heavy atom. The van der Waals surface area contributed by atoms with Crippen molar-refractivity contribution in [2.45, 2.75) is 32.6 Å². The lowest BCUT2D eigenvalue weighted by Gasteiger charge is -2.22. The third kappa shape index (κ3) is 4.08. The van der Waals surface area contributed by atoms with Crippen LogP contribution in [-0.4, -0.2) is 40.6 Å². The smallest absolute Gasteiger partial charge is 0.254 e. The van der Waals surface area contributed by atoms with Crippen molar-refractivity contribution in [1.29, 1.82) is 0 Å². The van der Waals surface area contributed by atoms with E-state index in [1.54, 1.807) is 4.90 Å². The van der Waals surface area contributed by atoms with Crippen molar-refractivity contribution in [3.63, 3.8) is 0 Å². The van der Waals surface area contributed by atoms with E-state index in [1.807, 2.05) is 30.5 Å². The molecule has 0 unspecified atom stereocenters. The number of carbonyl (C=O) groups excluding carboxylic acids is 1. The minimum Gasteiger partial charge on any atom is -0.395 e. The molecule has 2 rings (SSSR count). The van der Waals surface area contributed by atoms with Crippen LogP contribution in [0.5, 0.6) is 0 Å². The molecule has 1 aromatic heterocycles. The number of hydrogen-bond acceptors (Lipinski definition) is 2. The monoisotopic (exact) mass is 288 g/mol. The first kappa shape index (κ1) is 15.6. The zero-order chi connectivity index (χ0) is 15.1. The Hall–Kier alpha value is -1.81. The first-order chi connectivity index (χ1) is 10.3. The number of unbranched alkanes of at least 4 members (excludes halogenated alkanes) is 3. The molecule has 4 nitrogen and oxygen atoms in total. The summed E-state index contributed by atoms with van der Waals surface area (Å²) in [6.45, 7) is 3.28. The lowest BCUT2D eigenvalue weighted by atomic mass is 10.1. The molecule has 1 aromatic carbocycles. The van der Waals surface area contributed by atoms with Gasteiger partial charge in [-0.3, -0.25) is 4.79 Å². The predicted molar refractivity (Wildman–Crippen MR) is 85.4 cm³/mol. The Morgan fingerprint density at radius 1 is 1.19 bits per heavy atom. The predicted octanol–water partition coefficient (Wildman–Crippen LogP) is 3.18. The van der Waals surface area contributed by atoms with Crippen molar-refractivity contribution in [2.24, 2.45) is 0 Å². The highest BCUT2D eigenvalue weighted by Crippen LogP contribution is 2.16. The summed E-state index contributed by atoms with van der Waals surface area (Å²) in [6, 6.07) is 7.68. The average Bonchev–Trinajstić information content (AvgIpc) is 2.97. The fourth-order valence-corrected chi connectivity index (χ4v) is 2.53. The van der Waals surface area contributed by atoms with Gasteiger partial charge in [-0.15, -0.1) is 0 Å². The molecule has 0 radical (unpaired) electrons. The van der Waals surface area contributed by atoms with Gasteiger partial charge in [0.1, 0.15) is 0 Å². The van der Waals surface area contributed by atoms with Gasteiger partial charge in [-0.05, 0) is 30.0 Å². The number of nitrogens with zero attached hydrogens (tertiary/aromatic N) is 1. The topological polar surface area (TPSA) is 56.3 Å². The molecule has 0 atom stereocenters. The van der Waals surface area contributed by atoms with Crippen LogP contribution in [0.15, 0.2) is 30.5 Å². The Labute approximate surface area is 125 Å². The second kappa shape index (κ2) is 7.84. The van der Waals surface area contributed by atoms with Crippen molar-refractivity contribution in [3.8, 4) is 0 Å². The van der Waals surface area contributed by atoms with E-state index in [0.29, 0.717) is 18.7 Å². The summed E-state index contributed by atoms with van der Waals surface area (Å²) < 4.78 is 0. The van der Waals surface area contributed by atoms with Crippen LogP contribution in [0.25, 0.3) is 10.9 Å². The number of aromatic amines is 1. The SMILES string of the molecule is CCCCCCN(CCO)C(=O)c1ccc2cc[nH]c2c1. The summed E-state index contributed by atoms with van der Waals surface area (Å²) in [5.74, 6) is -0.00273. The van der Waals surface area contributed by atoms with E-state index in [-0.39, 0.29) is 12.5 Å². The maximum absolute atomic E-state index is 12.6. The summed E-state index contributed by atoms with van der Waals surface area (Å²) in [5, 5.41) is 10.3. The molecular weight excluding hydrogens is 264 g/mol. The maximum atomic E-state index is 12.6. The fourth-order valence-electron chi connectivity index (χ4n) is 2.53. The van der Waals surface area contributed by atoms with Crippen LogP contribution in [0.4, 0.5) is 0 Å². The average molecular weight is 288 g/mol. The summed E-state index contributed by atoms with van der Waals surface area (Å²) in [7, 11) is 0. The van der Waals surface area contributed by atoms with Gasteiger partial charge in [-0.1, -0.05) is 32.3 Å². The third-order valence-electron chi connectivity index (χ3n) is 3.74. The van der Waals surface area contributed by atoms with Crippen molar-refractivity contribution >= 4 is 16.8 Å². The van der Waals surface area contributed by atoms with Crippen LogP contribution in [0, 0.1) is 0 Å². The second-order valence-corrected chi connectivity index (χ2v) is 5.36. The number of benzene rings is 1. The summed E-state index contributed by atoms with van der Waals surface area (Å²) >= 11 is 0. The van der Waals surface area contributed by atoms with E-state index < -0.39 is 0 Å². The van der Waals surface area contributed by atoms with E-state index in [1.165, 1.54) is 12.8 Å². The lowest BCUT2D eigenvalue weighted by Crippen LogP contribution is -2.34. The number of amides is 1. The largest absolute Gasteiger partial charge is 0.395 e. The Balaban J connectivity index is 2.05. The molecule has 0 saturated heterocycles. The van der Waals surface area contributed by atoms with Crippen molar-refractivity contribution in [3.05, 3.63) is 36.0 Å². The molecule has 2 N–H and O–H groups in total. The highest BCUT2D eigenvalue weighted by atomic mass is 16.3. The number of aliphatic hydroxyl groups excluding tert-OH is 1. The Bertz CT molecular complexity index is 577. The summed E-state index contributed by atoms with van der Waals surface area (Å²) in [6.07, 6.45) is 6.36. The van der Waals surface area contributed by atoms with Gasteiger partial charge in [0.05, 0.1) is 6.61 Å². The molecule has 114 valence electrons. The summed E-state index contributed by atoms with van der Waals surface area (Å²) in [5.41, 5.74) is 1.64. The number of aromatic nitrogens is 1. The maximum Gasteiger partial charge on any atom is 0.254 e. The number of fused-ring (bicyclic) bond motifs is 1. The quantitative estimate of drug-likeness (QED) is 0.733. The normalized spacial score (nSPS) is 11.0. The molecule has 1 amide bonds. The van der Waals surface area contributed by atoms with E-state index in [9.17, 15) is 9.90 Å². The molecule has 2 aromatic rings. The highest BCUT2D eigenvalue weighted by molar-refractivity contribution is 5.97. The van der Waals surface area contributed by atoms with Gasteiger partial charge in [-0.25, -0.2) is 0 Å². The van der Waals surface area contributed by atoms with Crippen LogP contribution < -0.4 is 0 Å². The fraction of sp³-hybridized carbons (Fsp3) is 0.471. The minimum absolute atomic E-state index is 0.00273. The first-order valence-corrected chi connectivity index (χ1v) is 7.73. The number of rotatable bonds is 8. The molecule has 0 bridgehead atoms. The summed E-state index contributed by atoms with van der Waals surface area (Å²) in [4.78, 5) is 17.4. The molecule has 4 heteroatoms. The molecule has 0 aliphatic carbocycles. The van der Waals surface area contributed by atoms with Gasteiger partial charge in [0, 0.05) is 30.4 Å². The minimum atomic E-state index is -0.00273. The molecule has 0 aliphatic heterocycles. The van der Waals surface area contributed by atoms with Crippen LogP contribution >= 0.6 is 0 Å². The van der Waals surface area contributed by atoms with Gasteiger partial charge in [0.15, 0.2) is 0 Å². The molecule has 0 fully saturated rings. The lowest BCUT2D eigenvalue weighted by molar-refractivity contribution is 0.0718. The first-order valence-electron chi connectivity index (χ1n) is 7.73. The Kier molecular flexibility index (Phi) is 5.81. The van der Waals surface area contributed by atoms with Crippen LogP contribution in [0.3, 0.4) is 0 Å². The van der Waals surface area contributed by atoms with E-state index in [2.05, 4.69) is 11.9 Å². The number of carbonyl (C=O) groups is 1. The van der Waals surface area contributed by atoms with Crippen molar-refractivity contribution in [1.82, 2.24) is 9.88 Å². The molecule has 21 heavy (non-hydrogen) atoms.